The van der Waals surface area contributed by atoms with E-state index in [2.05, 4.69) is 21.9 Å². The van der Waals surface area contributed by atoms with Crippen LogP contribution in [0, 0.1) is 0 Å². The highest BCUT2D eigenvalue weighted by Crippen LogP contribution is 2.04. The summed E-state index contributed by atoms with van der Waals surface area (Å²) in [6.07, 6.45) is 3.29. The number of hydrogen-bond acceptors (Lipinski definition) is 4. The Hall–Kier alpha value is -1.91. The van der Waals surface area contributed by atoms with Gasteiger partial charge in [0.25, 0.3) is 5.91 Å². The Morgan fingerprint density at radius 1 is 1.53 bits per heavy atom. The molecule has 0 saturated carbocycles. The van der Waals surface area contributed by atoms with Crippen LogP contribution in [-0.4, -0.2) is 40.4 Å². The SMILES string of the molecule is C=CCNc1nccc(C(=O)N(CC)CC)n1. The molecule has 0 atom stereocenters. The first-order valence-electron chi connectivity index (χ1n) is 5.70. The predicted molar refractivity (Wildman–Crippen MR) is 68.0 cm³/mol. The van der Waals surface area contributed by atoms with Gasteiger partial charge in [0, 0.05) is 25.8 Å². The average Bonchev–Trinajstić information content (AvgIpc) is 2.38. The second-order valence-corrected chi connectivity index (χ2v) is 3.41. The van der Waals surface area contributed by atoms with Gasteiger partial charge in [-0.15, -0.1) is 6.58 Å². The number of carbonyl (C=O) groups is 1. The Morgan fingerprint density at radius 3 is 2.82 bits per heavy atom. The van der Waals surface area contributed by atoms with Crippen molar-refractivity contribution >= 4 is 11.9 Å². The van der Waals surface area contributed by atoms with Crippen molar-refractivity contribution in [3.63, 3.8) is 0 Å². The van der Waals surface area contributed by atoms with E-state index in [1.165, 1.54) is 0 Å². The van der Waals surface area contributed by atoms with Gasteiger partial charge in [-0.25, -0.2) is 9.97 Å². The van der Waals surface area contributed by atoms with E-state index >= 15 is 0 Å². The minimum atomic E-state index is -0.0703. The molecule has 0 aliphatic heterocycles. The Bertz CT molecular complexity index is 388. The van der Waals surface area contributed by atoms with E-state index in [9.17, 15) is 4.79 Å². The molecule has 0 radical (unpaired) electrons. The Labute approximate surface area is 102 Å². The molecule has 1 aromatic heterocycles. The summed E-state index contributed by atoms with van der Waals surface area (Å²) < 4.78 is 0. The molecule has 0 unspecified atom stereocenters. The van der Waals surface area contributed by atoms with Crippen molar-refractivity contribution in [2.45, 2.75) is 13.8 Å². The summed E-state index contributed by atoms with van der Waals surface area (Å²) >= 11 is 0. The zero-order valence-corrected chi connectivity index (χ0v) is 10.3. The number of anilines is 1. The lowest BCUT2D eigenvalue weighted by Crippen LogP contribution is -2.31. The standard InChI is InChI=1S/C12H18N4O/c1-4-8-13-12-14-9-7-10(15-12)11(17)16(5-2)6-3/h4,7,9H,1,5-6,8H2,2-3H3,(H,13,14,15). The quantitative estimate of drug-likeness (QED) is 0.759. The van der Waals surface area contributed by atoms with Gasteiger partial charge in [-0.1, -0.05) is 6.08 Å². The largest absolute Gasteiger partial charge is 0.351 e. The lowest BCUT2D eigenvalue weighted by atomic mass is 10.3. The lowest BCUT2D eigenvalue weighted by molar-refractivity contribution is 0.0767. The van der Waals surface area contributed by atoms with E-state index in [-0.39, 0.29) is 5.91 Å². The van der Waals surface area contributed by atoms with E-state index in [0.29, 0.717) is 31.3 Å². The minimum Gasteiger partial charge on any atom is -0.351 e. The van der Waals surface area contributed by atoms with Crippen LogP contribution in [0.1, 0.15) is 24.3 Å². The summed E-state index contributed by atoms with van der Waals surface area (Å²) in [6.45, 7) is 9.41. The maximum Gasteiger partial charge on any atom is 0.272 e. The molecule has 17 heavy (non-hydrogen) atoms. The molecule has 1 amide bonds. The maximum absolute atomic E-state index is 12.0. The van der Waals surface area contributed by atoms with Gasteiger partial charge in [0.1, 0.15) is 5.69 Å². The molecule has 1 rings (SSSR count). The number of aromatic nitrogens is 2. The number of rotatable bonds is 6. The first kappa shape index (κ1) is 13.2. The normalized spacial score (nSPS) is 9.76. The zero-order chi connectivity index (χ0) is 12.7. The molecule has 0 saturated heterocycles. The number of amides is 1. The molecule has 5 heteroatoms. The third-order valence-electron chi connectivity index (χ3n) is 2.33. The van der Waals surface area contributed by atoms with Gasteiger partial charge in [0.15, 0.2) is 0 Å². The van der Waals surface area contributed by atoms with Crippen LogP contribution in [0.2, 0.25) is 0 Å². The highest BCUT2D eigenvalue weighted by molar-refractivity contribution is 5.92. The van der Waals surface area contributed by atoms with Crippen molar-refractivity contribution in [2.24, 2.45) is 0 Å². The molecule has 0 fully saturated rings. The van der Waals surface area contributed by atoms with Crippen LogP contribution in [0.25, 0.3) is 0 Å². The third-order valence-corrected chi connectivity index (χ3v) is 2.33. The van der Waals surface area contributed by atoms with Crippen molar-refractivity contribution < 1.29 is 4.79 Å². The van der Waals surface area contributed by atoms with E-state index < -0.39 is 0 Å². The monoisotopic (exact) mass is 234 g/mol. The van der Waals surface area contributed by atoms with Gasteiger partial charge in [-0.3, -0.25) is 4.79 Å². The predicted octanol–water partition coefficient (Wildman–Crippen LogP) is 1.56. The average molecular weight is 234 g/mol. The Morgan fingerprint density at radius 2 is 2.24 bits per heavy atom. The molecule has 0 aliphatic rings. The van der Waals surface area contributed by atoms with Crippen LogP contribution in [0.15, 0.2) is 24.9 Å². The minimum absolute atomic E-state index is 0.0703. The first-order chi connectivity index (χ1) is 8.22. The van der Waals surface area contributed by atoms with E-state index in [1.807, 2.05) is 13.8 Å². The molecule has 0 spiro atoms. The molecule has 0 aliphatic carbocycles. The van der Waals surface area contributed by atoms with Crippen LogP contribution in [0.4, 0.5) is 5.95 Å². The van der Waals surface area contributed by atoms with E-state index in [1.54, 1.807) is 23.2 Å². The number of hydrogen-bond donors (Lipinski definition) is 1. The van der Waals surface area contributed by atoms with Gasteiger partial charge in [0.2, 0.25) is 5.95 Å². The van der Waals surface area contributed by atoms with Gasteiger partial charge >= 0.3 is 0 Å². The van der Waals surface area contributed by atoms with Crippen molar-refractivity contribution in [3.8, 4) is 0 Å². The lowest BCUT2D eigenvalue weighted by Gasteiger charge is -2.17. The highest BCUT2D eigenvalue weighted by atomic mass is 16.2. The number of nitrogens with one attached hydrogen (secondary N) is 1. The zero-order valence-electron chi connectivity index (χ0n) is 10.3. The summed E-state index contributed by atoms with van der Waals surface area (Å²) in [5, 5.41) is 2.95. The van der Waals surface area contributed by atoms with Gasteiger partial charge in [-0.05, 0) is 19.9 Å². The van der Waals surface area contributed by atoms with Gasteiger partial charge in [-0.2, -0.15) is 0 Å². The number of carbonyl (C=O) groups excluding carboxylic acids is 1. The molecule has 1 N–H and O–H groups in total. The summed E-state index contributed by atoms with van der Waals surface area (Å²) in [5.41, 5.74) is 0.412. The molecule has 0 bridgehead atoms. The molecule has 5 nitrogen and oxygen atoms in total. The van der Waals surface area contributed by atoms with Crippen LogP contribution >= 0.6 is 0 Å². The Balaban J connectivity index is 2.83. The fourth-order valence-corrected chi connectivity index (χ4v) is 1.40. The molecule has 0 aromatic carbocycles. The van der Waals surface area contributed by atoms with Crippen molar-refractivity contribution in [3.05, 3.63) is 30.6 Å². The number of nitrogens with zero attached hydrogens (tertiary/aromatic N) is 3. The van der Waals surface area contributed by atoms with Crippen LogP contribution in [0.5, 0.6) is 0 Å². The smallest absolute Gasteiger partial charge is 0.272 e. The third kappa shape index (κ3) is 3.55. The molecule has 1 heterocycles. The fraction of sp³-hybridized carbons (Fsp3) is 0.417. The van der Waals surface area contributed by atoms with Crippen molar-refractivity contribution in [1.29, 1.82) is 0 Å². The Kier molecular flexibility index (Phi) is 5.13. The summed E-state index contributed by atoms with van der Waals surface area (Å²) in [5.74, 6) is 0.377. The maximum atomic E-state index is 12.0. The molecule has 92 valence electrons. The topological polar surface area (TPSA) is 58.1 Å². The summed E-state index contributed by atoms with van der Waals surface area (Å²) in [6, 6.07) is 1.62. The molecule has 1 aromatic rings. The van der Waals surface area contributed by atoms with Gasteiger partial charge in [0.05, 0.1) is 0 Å². The molecular weight excluding hydrogens is 216 g/mol. The van der Waals surface area contributed by atoms with Gasteiger partial charge < -0.3 is 10.2 Å². The second-order valence-electron chi connectivity index (χ2n) is 3.41. The van der Waals surface area contributed by atoms with Crippen LogP contribution < -0.4 is 5.32 Å². The van der Waals surface area contributed by atoms with Crippen LogP contribution in [0.3, 0.4) is 0 Å². The molecular formula is C12H18N4O. The second kappa shape index (κ2) is 6.62. The summed E-state index contributed by atoms with van der Waals surface area (Å²) in [7, 11) is 0. The fourth-order valence-electron chi connectivity index (χ4n) is 1.40. The van der Waals surface area contributed by atoms with Crippen LogP contribution in [-0.2, 0) is 0 Å². The van der Waals surface area contributed by atoms with E-state index in [4.69, 9.17) is 0 Å². The van der Waals surface area contributed by atoms with E-state index in [0.717, 1.165) is 0 Å². The van der Waals surface area contributed by atoms with Crippen molar-refractivity contribution in [2.75, 3.05) is 25.0 Å². The summed E-state index contributed by atoms with van der Waals surface area (Å²) in [4.78, 5) is 21.9. The van der Waals surface area contributed by atoms with Crippen molar-refractivity contribution in [1.82, 2.24) is 14.9 Å². The first-order valence-corrected chi connectivity index (χ1v) is 5.70. The highest BCUT2D eigenvalue weighted by Gasteiger charge is 2.14.